The Labute approximate surface area is 155 Å². The molecule has 1 N–H and O–H groups in total. The number of carbonyl (C=O) groups excluding carboxylic acids is 1. The molecule has 0 aliphatic carbocycles. The normalized spacial score (nSPS) is 11.9. The van der Waals surface area contributed by atoms with Crippen molar-refractivity contribution >= 4 is 11.6 Å². The molecule has 2 aromatic heterocycles. The van der Waals surface area contributed by atoms with E-state index in [1.165, 1.54) is 19.2 Å². The Morgan fingerprint density at radius 2 is 1.82 bits per heavy atom. The summed E-state index contributed by atoms with van der Waals surface area (Å²) < 4.78 is 68.5. The molecular formula is C17H14F5N5O. The summed E-state index contributed by atoms with van der Waals surface area (Å²) >= 11 is 0. The van der Waals surface area contributed by atoms with Crippen LogP contribution in [0.25, 0.3) is 5.69 Å². The quantitative estimate of drug-likeness (QED) is 0.672. The molecule has 11 heteroatoms. The minimum atomic E-state index is -4.86. The molecule has 0 aliphatic rings. The number of alkyl halides is 5. The summed E-state index contributed by atoms with van der Waals surface area (Å²) in [7, 11) is 1.32. The highest BCUT2D eigenvalue weighted by atomic mass is 19.4. The van der Waals surface area contributed by atoms with E-state index in [2.05, 4.69) is 10.2 Å². The molecule has 0 aliphatic heterocycles. The van der Waals surface area contributed by atoms with Crippen molar-refractivity contribution in [3.8, 4) is 5.69 Å². The zero-order valence-corrected chi connectivity index (χ0v) is 14.6. The van der Waals surface area contributed by atoms with Gasteiger partial charge in [-0.3, -0.25) is 9.48 Å². The van der Waals surface area contributed by atoms with Gasteiger partial charge < -0.3 is 5.32 Å². The summed E-state index contributed by atoms with van der Waals surface area (Å²) in [6.45, 7) is 1.78. The van der Waals surface area contributed by atoms with Crippen LogP contribution in [0.15, 0.2) is 36.7 Å². The fraction of sp³-hybridized carbons (Fsp3) is 0.235. The van der Waals surface area contributed by atoms with Gasteiger partial charge in [-0.1, -0.05) is 17.7 Å². The Kier molecular flexibility index (Phi) is 4.92. The number of amides is 1. The zero-order valence-electron chi connectivity index (χ0n) is 14.6. The van der Waals surface area contributed by atoms with Crippen LogP contribution >= 0.6 is 0 Å². The van der Waals surface area contributed by atoms with E-state index >= 15 is 0 Å². The smallest absolute Gasteiger partial charge is 0.319 e. The Hall–Kier alpha value is -3.24. The van der Waals surface area contributed by atoms with Gasteiger partial charge in [0.2, 0.25) is 0 Å². The second-order valence-electron chi connectivity index (χ2n) is 6.01. The van der Waals surface area contributed by atoms with Gasteiger partial charge in [-0.05, 0) is 19.1 Å². The van der Waals surface area contributed by atoms with Crippen LogP contribution < -0.4 is 5.32 Å². The molecule has 0 atom stereocenters. The van der Waals surface area contributed by atoms with Gasteiger partial charge in [0.1, 0.15) is 5.69 Å². The molecule has 0 unspecified atom stereocenters. The number of hydrogen-bond acceptors (Lipinski definition) is 3. The lowest BCUT2D eigenvalue weighted by Gasteiger charge is -2.13. The van der Waals surface area contributed by atoms with Crippen molar-refractivity contribution in [2.45, 2.75) is 19.5 Å². The van der Waals surface area contributed by atoms with Crippen molar-refractivity contribution in [2.75, 3.05) is 5.32 Å². The first-order valence-electron chi connectivity index (χ1n) is 7.93. The number of nitrogens with one attached hydrogen (secondary N) is 1. The molecule has 28 heavy (non-hydrogen) atoms. The maximum atomic E-state index is 13.6. The van der Waals surface area contributed by atoms with Gasteiger partial charge in [0.15, 0.2) is 5.69 Å². The number of halogens is 5. The van der Waals surface area contributed by atoms with Crippen molar-refractivity contribution < 1.29 is 26.7 Å². The second-order valence-corrected chi connectivity index (χ2v) is 6.01. The molecule has 0 bridgehead atoms. The molecule has 1 amide bonds. The number of nitrogens with zero attached hydrogens (tertiary/aromatic N) is 4. The minimum Gasteiger partial charge on any atom is -0.319 e. The van der Waals surface area contributed by atoms with Gasteiger partial charge in [0, 0.05) is 13.2 Å². The molecule has 0 spiro atoms. The highest BCUT2D eigenvalue weighted by Gasteiger charge is 2.39. The van der Waals surface area contributed by atoms with Crippen molar-refractivity contribution in [3.05, 3.63) is 59.2 Å². The monoisotopic (exact) mass is 399 g/mol. The first-order valence-corrected chi connectivity index (χ1v) is 7.93. The Bertz CT molecular complexity index is 1000. The molecule has 0 radical (unpaired) electrons. The molecule has 3 aromatic rings. The average molecular weight is 399 g/mol. The highest BCUT2D eigenvalue weighted by molar-refractivity contribution is 6.05. The molecule has 6 nitrogen and oxygen atoms in total. The van der Waals surface area contributed by atoms with Crippen molar-refractivity contribution in [1.29, 1.82) is 0 Å². The number of aromatic nitrogens is 4. The summed E-state index contributed by atoms with van der Waals surface area (Å²) in [5.41, 5.74) is -2.25. The van der Waals surface area contributed by atoms with E-state index in [-0.39, 0.29) is 5.69 Å². The number of aryl methyl sites for hydroxylation is 2. The van der Waals surface area contributed by atoms with Crippen molar-refractivity contribution in [3.63, 3.8) is 0 Å². The Morgan fingerprint density at radius 3 is 2.39 bits per heavy atom. The van der Waals surface area contributed by atoms with Gasteiger partial charge >= 0.3 is 6.18 Å². The predicted octanol–water partition coefficient (Wildman–Crippen LogP) is 4.12. The Balaban J connectivity index is 2.01. The summed E-state index contributed by atoms with van der Waals surface area (Å²) in [4.78, 5) is 12.3. The average Bonchev–Trinajstić information content (AvgIpc) is 3.19. The van der Waals surface area contributed by atoms with Gasteiger partial charge in [0.05, 0.1) is 23.1 Å². The second kappa shape index (κ2) is 7.06. The molecule has 0 saturated heterocycles. The lowest BCUT2D eigenvalue weighted by Crippen LogP contribution is -2.19. The number of anilines is 1. The molecule has 3 rings (SSSR count). The molecule has 148 valence electrons. The van der Waals surface area contributed by atoms with Crippen LogP contribution in [0.1, 0.15) is 33.7 Å². The number of benzene rings is 1. The van der Waals surface area contributed by atoms with Crippen LogP contribution in [0.3, 0.4) is 0 Å². The summed E-state index contributed by atoms with van der Waals surface area (Å²) in [5.74, 6) is -1.14. The number of carbonyl (C=O) groups is 1. The maximum absolute atomic E-state index is 13.6. The summed E-state index contributed by atoms with van der Waals surface area (Å²) in [5, 5.41) is 9.19. The SMILES string of the molecule is Cc1ccc(-n2ncc(NC(=O)c3cn(C)nc3C(F)F)c2C(F)(F)F)cc1. The van der Waals surface area contributed by atoms with Crippen LogP contribution in [0.2, 0.25) is 0 Å². The van der Waals surface area contributed by atoms with Crippen LogP contribution in [0, 0.1) is 6.92 Å². The van der Waals surface area contributed by atoms with E-state index in [0.717, 1.165) is 22.6 Å². The topological polar surface area (TPSA) is 64.7 Å². The van der Waals surface area contributed by atoms with Gasteiger partial charge in [-0.15, -0.1) is 0 Å². The molecule has 2 heterocycles. The van der Waals surface area contributed by atoms with Crippen LogP contribution in [0.5, 0.6) is 0 Å². The maximum Gasteiger partial charge on any atom is 0.435 e. The standard InChI is InChI=1S/C17H14F5N5O/c1-9-3-5-10(6-4-9)27-14(17(20,21)22)12(7-23-27)24-16(28)11-8-26(2)25-13(11)15(18)19/h3-8,15H,1-2H3,(H,24,28). The van der Waals surface area contributed by atoms with Gasteiger partial charge in [-0.2, -0.15) is 23.4 Å². The van der Waals surface area contributed by atoms with E-state index in [1.807, 2.05) is 5.32 Å². The predicted molar refractivity (Wildman–Crippen MR) is 89.4 cm³/mol. The van der Waals surface area contributed by atoms with E-state index in [4.69, 9.17) is 0 Å². The van der Waals surface area contributed by atoms with Gasteiger partial charge in [0.25, 0.3) is 12.3 Å². The van der Waals surface area contributed by atoms with Crippen LogP contribution in [-0.4, -0.2) is 25.5 Å². The summed E-state index contributed by atoms with van der Waals surface area (Å²) in [6.07, 6.45) is -6.09. The molecule has 0 fully saturated rings. The number of hydrogen-bond donors (Lipinski definition) is 1. The largest absolute Gasteiger partial charge is 0.435 e. The van der Waals surface area contributed by atoms with E-state index in [1.54, 1.807) is 19.1 Å². The Morgan fingerprint density at radius 1 is 1.18 bits per heavy atom. The van der Waals surface area contributed by atoms with Gasteiger partial charge in [-0.25, -0.2) is 13.5 Å². The summed E-state index contributed by atoms with van der Waals surface area (Å²) in [6, 6.07) is 6.11. The molecule has 0 saturated carbocycles. The third-order valence-electron chi connectivity index (χ3n) is 3.87. The molecular weight excluding hydrogens is 385 g/mol. The third-order valence-corrected chi connectivity index (χ3v) is 3.87. The van der Waals surface area contributed by atoms with Crippen molar-refractivity contribution in [1.82, 2.24) is 19.6 Å². The van der Waals surface area contributed by atoms with E-state index < -0.39 is 41.1 Å². The fourth-order valence-electron chi connectivity index (χ4n) is 2.63. The fourth-order valence-corrected chi connectivity index (χ4v) is 2.63. The number of rotatable bonds is 4. The first-order chi connectivity index (χ1) is 13.1. The molecule has 1 aromatic carbocycles. The van der Waals surface area contributed by atoms with Crippen molar-refractivity contribution in [2.24, 2.45) is 7.05 Å². The van der Waals surface area contributed by atoms with Crippen LogP contribution in [0.4, 0.5) is 27.6 Å². The highest BCUT2D eigenvalue weighted by Crippen LogP contribution is 2.36. The minimum absolute atomic E-state index is 0.132. The van der Waals surface area contributed by atoms with E-state index in [0.29, 0.717) is 4.68 Å². The lowest BCUT2D eigenvalue weighted by atomic mass is 10.2. The lowest BCUT2D eigenvalue weighted by molar-refractivity contribution is -0.142. The first kappa shape index (κ1) is 19.5. The zero-order chi connectivity index (χ0) is 20.6. The third kappa shape index (κ3) is 3.73. The van der Waals surface area contributed by atoms with E-state index in [9.17, 15) is 26.7 Å². The van der Waals surface area contributed by atoms with Crippen LogP contribution in [-0.2, 0) is 13.2 Å².